The van der Waals surface area contributed by atoms with E-state index >= 15 is 0 Å². The molecule has 1 aromatic heterocycles. The first-order valence-electron chi connectivity index (χ1n) is 10.0. The summed E-state index contributed by atoms with van der Waals surface area (Å²) in [5, 5.41) is 10.9. The van der Waals surface area contributed by atoms with Crippen molar-refractivity contribution in [3.05, 3.63) is 16.4 Å². The van der Waals surface area contributed by atoms with Crippen LogP contribution in [0.4, 0.5) is 0 Å². The number of ether oxygens (including phenoxy) is 2. The zero-order valence-electron chi connectivity index (χ0n) is 19.0. The van der Waals surface area contributed by atoms with Gasteiger partial charge in [0.05, 0.1) is 18.2 Å². The Balaban J connectivity index is 3.02. The molecule has 1 rings (SSSR count). The van der Waals surface area contributed by atoms with Gasteiger partial charge >= 0.3 is 0 Å². The van der Waals surface area contributed by atoms with Crippen molar-refractivity contribution in [3.8, 4) is 11.5 Å². The van der Waals surface area contributed by atoms with Crippen LogP contribution in [0.5, 0.6) is 11.5 Å². The lowest BCUT2D eigenvalue weighted by atomic mass is 9.94. The minimum Gasteiger partial charge on any atom is -0.491 e. The minimum atomic E-state index is -1.96. The van der Waals surface area contributed by atoms with E-state index in [1.165, 1.54) is 20.2 Å². The van der Waals surface area contributed by atoms with Crippen LogP contribution in [-0.2, 0) is 4.43 Å². The van der Waals surface area contributed by atoms with Gasteiger partial charge in [-0.2, -0.15) is 0 Å². The number of methoxy groups -OCH3 is 1. The summed E-state index contributed by atoms with van der Waals surface area (Å²) in [4.78, 5) is 17.3. The number of halogens is 1. The largest absolute Gasteiger partial charge is 0.491 e. The van der Waals surface area contributed by atoms with E-state index in [1.807, 2.05) is 0 Å². The van der Waals surface area contributed by atoms with Crippen molar-refractivity contribution in [1.82, 2.24) is 4.98 Å². The van der Waals surface area contributed by atoms with Crippen LogP contribution in [0.3, 0.4) is 0 Å². The van der Waals surface area contributed by atoms with Gasteiger partial charge in [0.2, 0.25) is 5.78 Å². The van der Waals surface area contributed by atoms with E-state index in [9.17, 15) is 9.90 Å². The topological polar surface area (TPSA) is 77.9 Å². The minimum absolute atomic E-state index is 0.0551. The van der Waals surface area contributed by atoms with Gasteiger partial charge in [0.15, 0.2) is 25.5 Å². The maximum Gasteiger partial charge on any atom is 0.216 e. The van der Waals surface area contributed by atoms with Gasteiger partial charge in [-0.1, -0.05) is 34.1 Å². The number of nitrogens with zero attached hydrogens (tertiary/aromatic N) is 1. The second-order valence-corrected chi connectivity index (χ2v) is 14.6. The molecule has 166 valence electrons. The normalized spacial score (nSPS) is 14.4. The van der Waals surface area contributed by atoms with Crippen LogP contribution in [0.2, 0.25) is 18.1 Å². The number of carbonyl (C=O) groups is 1. The number of aromatic nitrogens is 1. The molecule has 1 unspecified atom stereocenters. The summed E-state index contributed by atoms with van der Waals surface area (Å²) in [5.41, 5.74) is -1.57. The third-order valence-corrected chi connectivity index (χ3v) is 10.6. The van der Waals surface area contributed by atoms with Gasteiger partial charge in [-0.05, 0) is 47.4 Å². The zero-order valence-corrected chi connectivity index (χ0v) is 21.6. The zero-order chi connectivity index (χ0) is 22.5. The highest BCUT2D eigenvalue weighted by molar-refractivity contribution is 9.10. The van der Waals surface area contributed by atoms with E-state index in [0.29, 0.717) is 23.4 Å². The molecule has 0 amide bonds. The lowest BCUT2D eigenvalue weighted by Crippen LogP contribution is -2.43. The summed E-state index contributed by atoms with van der Waals surface area (Å²) in [5.74, 6) is 0.139. The molecular weight excluding hydrogens is 454 g/mol. The smallest absolute Gasteiger partial charge is 0.216 e. The summed E-state index contributed by atoms with van der Waals surface area (Å²) < 4.78 is 18.0. The van der Waals surface area contributed by atoms with Crippen molar-refractivity contribution in [1.29, 1.82) is 0 Å². The highest BCUT2D eigenvalue weighted by Gasteiger charge is 2.39. The first-order chi connectivity index (χ1) is 13.3. The molecule has 0 radical (unpaired) electrons. The molecular formula is C21H36BrNO5Si. The van der Waals surface area contributed by atoms with E-state index in [1.54, 1.807) is 0 Å². The fourth-order valence-corrected chi connectivity index (χ4v) is 3.79. The van der Waals surface area contributed by atoms with E-state index in [4.69, 9.17) is 13.9 Å². The molecule has 1 N–H and O–H groups in total. The fourth-order valence-electron chi connectivity index (χ4n) is 2.35. The number of aliphatic hydroxyl groups is 1. The number of ketones is 1. The predicted molar refractivity (Wildman–Crippen MR) is 122 cm³/mol. The SMILES string of the molecule is CCCCOc1c(Br)cnc(C(=O)C(C)(O)CCO[Si](C)(C)C(C)(C)C)c1OC. The predicted octanol–water partition coefficient (Wildman–Crippen LogP) is 5.38. The number of rotatable bonds is 11. The Hall–Kier alpha value is -0.963. The van der Waals surface area contributed by atoms with Crippen LogP contribution >= 0.6 is 15.9 Å². The first kappa shape index (κ1) is 26.1. The molecule has 1 aromatic rings. The van der Waals surface area contributed by atoms with Crippen LogP contribution in [0, 0.1) is 0 Å². The van der Waals surface area contributed by atoms with E-state index in [0.717, 1.165) is 12.8 Å². The molecule has 0 aliphatic heterocycles. The number of carbonyl (C=O) groups excluding carboxylic acids is 1. The van der Waals surface area contributed by atoms with Gasteiger partial charge < -0.3 is 19.0 Å². The van der Waals surface area contributed by atoms with Crippen molar-refractivity contribution in [2.24, 2.45) is 0 Å². The van der Waals surface area contributed by atoms with Crippen molar-refractivity contribution < 1.29 is 23.8 Å². The van der Waals surface area contributed by atoms with E-state index in [2.05, 4.69) is 61.7 Å². The van der Waals surface area contributed by atoms with Gasteiger partial charge in [-0.3, -0.25) is 4.79 Å². The lowest BCUT2D eigenvalue weighted by molar-refractivity contribution is 0.0284. The second kappa shape index (κ2) is 10.4. The fraction of sp³-hybridized carbons (Fsp3) is 0.714. The molecule has 1 heterocycles. The number of Topliss-reactive ketones (excluding diaryl/α,β-unsaturated/α-hetero) is 1. The molecule has 0 aromatic carbocycles. The molecule has 29 heavy (non-hydrogen) atoms. The Labute approximate surface area is 184 Å². The standard InChI is InChI=1S/C21H36BrNO5Si/c1-9-10-12-27-17-15(22)14-23-16(18(17)26-6)19(24)21(5,25)11-13-28-29(7,8)20(2,3)4/h14,25H,9-13H2,1-8H3. The Bertz CT molecular complexity index is 701. The van der Waals surface area contributed by atoms with Crippen molar-refractivity contribution in [2.75, 3.05) is 20.3 Å². The Morgan fingerprint density at radius 3 is 2.34 bits per heavy atom. The first-order valence-corrected chi connectivity index (χ1v) is 13.7. The average molecular weight is 491 g/mol. The van der Waals surface area contributed by atoms with Gasteiger partial charge in [0, 0.05) is 19.2 Å². The molecule has 0 bridgehead atoms. The average Bonchev–Trinajstić information content (AvgIpc) is 2.61. The molecule has 0 saturated carbocycles. The number of hydrogen-bond donors (Lipinski definition) is 1. The molecule has 0 aliphatic carbocycles. The summed E-state index contributed by atoms with van der Waals surface area (Å²) in [7, 11) is -0.500. The maximum absolute atomic E-state index is 13.1. The number of pyridine rings is 1. The highest BCUT2D eigenvalue weighted by Crippen LogP contribution is 2.39. The monoisotopic (exact) mass is 489 g/mol. The Kier molecular flexibility index (Phi) is 9.33. The quantitative estimate of drug-likeness (QED) is 0.255. The molecule has 0 saturated heterocycles. The van der Waals surface area contributed by atoms with Gasteiger partial charge in [0.25, 0.3) is 0 Å². The molecule has 1 atom stereocenters. The Morgan fingerprint density at radius 1 is 1.21 bits per heavy atom. The molecule has 6 nitrogen and oxygen atoms in total. The van der Waals surface area contributed by atoms with Crippen LogP contribution < -0.4 is 9.47 Å². The lowest BCUT2D eigenvalue weighted by Gasteiger charge is -2.37. The van der Waals surface area contributed by atoms with Crippen molar-refractivity contribution in [3.63, 3.8) is 0 Å². The van der Waals surface area contributed by atoms with Crippen molar-refractivity contribution in [2.45, 2.75) is 77.6 Å². The van der Waals surface area contributed by atoms with Crippen LogP contribution in [0.25, 0.3) is 0 Å². The van der Waals surface area contributed by atoms with Crippen LogP contribution in [0.1, 0.15) is 64.4 Å². The van der Waals surface area contributed by atoms with Crippen LogP contribution in [-0.4, -0.2) is 50.1 Å². The van der Waals surface area contributed by atoms with Gasteiger partial charge in [-0.15, -0.1) is 0 Å². The van der Waals surface area contributed by atoms with E-state index < -0.39 is 19.7 Å². The summed E-state index contributed by atoms with van der Waals surface area (Å²) in [6.07, 6.45) is 3.54. The summed E-state index contributed by atoms with van der Waals surface area (Å²) in [6.45, 7) is 15.1. The highest BCUT2D eigenvalue weighted by atomic mass is 79.9. The third-order valence-electron chi connectivity index (χ3n) is 5.46. The van der Waals surface area contributed by atoms with Crippen molar-refractivity contribution >= 4 is 30.0 Å². The molecule has 0 spiro atoms. The molecule has 8 heteroatoms. The molecule has 0 aliphatic rings. The molecule has 0 fully saturated rings. The summed E-state index contributed by atoms with van der Waals surface area (Å²) >= 11 is 3.40. The maximum atomic E-state index is 13.1. The van der Waals surface area contributed by atoms with Gasteiger partial charge in [-0.25, -0.2) is 4.98 Å². The van der Waals surface area contributed by atoms with Gasteiger partial charge in [0.1, 0.15) is 5.60 Å². The van der Waals surface area contributed by atoms with Crippen LogP contribution in [0.15, 0.2) is 10.7 Å². The Morgan fingerprint density at radius 2 is 1.83 bits per heavy atom. The van der Waals surface area contributed by atoms with E-state index in [-0.39, 0.29) is 22.9 Å². The summed E-state index contributed by atoms with van der Waals surface area (Å²) in [6, 6.07) is 0. The number of hydrogen-bond acceptors (Lipinski definition) is 6. The second-order valence-electron chi connectivity index (χ2n) is 8.98. The third kappa shape index (κ3) is 6.77. The number of unbranched alkanes of at least 4 members (excludes halogenated alkanes) is 1.